The predicted molar refractivity (Wildman–Crippen MR) is 66.2 cm³/mol. The number of hydrogen-bond donors (Lipinski definition) is 1. The molecular weight excluding hydrogens is 238 g/mol. The van der Waals surface area contributed by atoms with E-state index in [1.807, 2.05) is 0 Å². The fourth-order valence-corrected chi connectivity index (χ4v) is 1.54. The Balaban J connectivity index is 2.19. The molecule has 0 aliphatic rings. The summed E-state index contributed by atoms with van der Waals surface area (Å²) in [5, 5.41) is 3.16. The predicted octanol–water partition coefficient (Wildman–Crippen LogP) is 2.69. The first kappa shape index (κ1) is 11.5. The lowest BCUT2D eigenvalue weighted by atomic mass is 10.2. The van der Waals surface area contributed by atoms with E-state index in [-0.39, 0.29) is 5.91 Å². The number of nitrogens with zero attached hydrogens (tertiary/aromatic N) is 2. The normalized spacial score (nSPS) is 10.0. The van der Waals surface area contributed by atoms with Crippen molar-refractivity contribution in [2.75, 3.05) is 5.32 Å². The van der Waals surface area contributed by atoms with E-state index in [1.54, 1.807) is 37.4 Å². The molecule has 0 atom stereocenters. The summed E-state index contributed by atoms with van der Waals surface area (Å²) in [5.41, 5.74) is 1.82. The zero-order valence-corrected chi connectivity index (χ0v) is 9.90. The van der Waals surface area contributed by atoms with Crippen molar-refractivity contribution in [3.63, 3.8) is 0 Å². The Bertz CT molecular complexity index is 543. The van der Waals surface area contributed by atoms with Crippen LogP contribution in [0.1, 0.15) is 16.1 Å². The third-order valence-electron chi connectivity index (χ3n) is 2.22. The molecule has 2 heterocycles. The highest BCUT2D eigenvalue weighted by Crippen LogP contribution is 2.16. The average Bonchev–Trinajstić information content (AvgIpc) is 2.34. The van der Waals surface area contributed by atoms with Gasteiger partial charge in [-0.15, -0.1) is 0 Å². The van der Waals surface area contributed by atoms with E-state index in [0.717, 1.165) is 0 Å². The summed E-state index contributed by atoms with van der Waals surface area (Å²) in [6.45, 7) is 1.78. The molecule has 0 aliphatic carbocycles. The Morgan fingerprint density at radius 3 is 2.82 bits per heavy atom. The van der Waals surface area contributed by atoms with Gasteiger partial charge in [0.25, 0.3) is 5.91 Å². The van der Waals surface area contributed by atoms with E-state index in [0.29, 0.717) is 22.1 Å². The Morgan fingerprint density at radius 2 is 2.18 bits per heavy atom. The molecule has 2 rings (SSSR count). The molecular formula is C12H10ClN3O. The number of rotatable bonds is 2. The van der Waals surface area contributed by atoms with Gasteiger partial charge < -0.3 is 5.32 Å². The Hall–Kier alpha value is -1.94. The van der Waals surface area contributed by atoms with Crippen molar-refractivity contribution in [1.29, 1.82) is 0 Å². The molecule has 0 aromatic carbocycles. The molecule has 5 heteroatoms. The first-order valence-corrected chi connectivity index (χ1v) is 5.39. The minimum Gasteiger partial charge on any atom is -0.320 e. The van der Waals surface area contributed by atoms with Crippen molar-refractivity contribution < 1.29 is 4.79 Å². The Morgan fingerprint density at radius 1 is 1.35 bits per heavy atom. The van der Waals surface area contributed by atoms with Crippen LogP contribution in [0.2, 0.25) is 5.15 Å². The number of amides is 1. The van der Waals surface area contributed by atoms with E-state index in [9.17, 15) is 4.79 Å². The molecule has 4 nitrogen and oxygen atoms in total. The second kappa shape index (κ2) is 4.93. The van der Waals surface area contributed by atoms with Crippen molar-refractivity contribution in [2.24, 2.45) is 0 Å². The van der Waals surface area contributed by atoms with Gasteiger partial charge in [0.15, 0.2) is 0 Å². The van der Waals surface area contributed by atoms with Gasteiger partial charge in [0, 0.05) is 12.4 Å². The van der Waals surface area contributed by atoms with Crippen LogP contribution in [0, 0.1) is 6.92 Å². The molecule has 0 saturated carbocycles. The van der Waals surface area contributed by atoms with E-state index in [4.69, 9.17) is 11.6 Å². The van der Waals surface area contributed by atoms with E-state index in [1.165, 1.54) is 6.20 Å². The number of aryl methyl sites for hydroxylation is 1. The van der Waals surface area contributed by atoms with Gasteiger partial charge in [-0.05, 0) is 31.2 Å². The fourth-order valence-electron chi connectivity index (χ4n) is 1.35. The minimum atomic E-state index is -0.217. The van der Waals surface area contributed by atoms with Crippen LogP contribution in [-0.2, 0) is 0 Å². The highest BCUT2D eigenvalue weighted by Gasteiger charge is 2.08. The van der Waals surface area contributed by atoms with Crippen molar-refractivity contribution in [1.82, 2.24) is 9.97 Å². The van der Waals surface area contributed by atoms with Crippen molar-refractivity contribution >= 4 is 23.2 Å². The van der Waals surface area contributed by atoms with Crippen molar-refractivity contribution in [3.05, 3.63) is 53.1 Å². The number of anilines is 1. The summed E-state index contributed by atoms with van der Waals surface area (Å²) in [4.78, 5) is 19.8. The molecule has 1 N–H and O–H groups in total. The smallest absolute Gasteiger partial charge is 0.257 e. The zero-order chi connectivity index (χ0) is 12.3. The van der Waals surface area contributed by atoms with Crippen LogP contribution in [0.5, 0.6) is 0 Å². The zero-order valence-electron chi connectivity index (χ0n) is 9.14. The maximum Gasteiger partial charge on any atom is 0.257 e. The van der Waals surface area contributed by atoms with Crippen LogP contribution in [0.25, 0.3) is 0 Å². The second-order valence-electron chi connectivity index (χ2n) is 3.46. The van der Waals surface area contributed by atoms with Crippen molar-refractivity contribution in [3.8, 4) is 0 Å². The van der Waals surface area contributed by atoms with Crippen molar-refractivity contribution in [2.45, 2.75) is 6.92 Å². The lowest BCUT2D eigenvalue weighted by Gasteiger charge is -2.07. The molecule has 0 saturated heterocycles. The Labute approximate surface area is 104 Å². The highest BCUT2D eigenvalue weighted by atomic mass is 35.5. The summed E-state index contributed by atoms with van der Waals surface area (Å²) in [6.07, 6.45) is 3.12. The summed E-state index contributed by atoms with van der Waals surface area (Å²) in [6, 6.07) is 6.76. The number of aromatic nitrogens is 2. The third kappa shape index (κ3) is 2.79. The molecule has 1 amide bonds. The van der Waals surface area contributed by atoms with Gasteiger partial charge in [0.2, 0.25) is 0 Å². The maximum atomic E-state index is 11.8. The molecule has 0 spiro atoms. The SMILES string of the molecule is Cc1nc(Cl)ccc1NC(=O)c1cccnc1. The summed E-state index contributed by atoms with van der Waals surface area (Å²) < 4.78 is 0. The van der Waals surface area contributed by atoms with Crippen LogP contribution in [0.4, 0.5) is 5.69 Å². The molecule has 0 fully saturated rings. The molecule has 17 heavy (non-hydrogen) atoms. The van der Waals surface area contributed by atoms with Gasteiger partial charge in [-0.25, -0.2) is 4.98 Å². The largest absolute Gasteiger partial charge is 0.320 e. The molecule has 0 radical (unpaired) electrons. The minimum absolute atomic E-state index is 0.217. The second-order valence-corrected chi connectivity index (χ2v) is 3.85. The lowest BCUT2D eigenvalue weighted by molar-refractivity contribution is 0.102. The standard InChI is InChI=1S/C12H10ClN3O/c1-8-10(4-5-11(13)15-8)16-12(17)9-3-2-6-14-7-9/h2-7H,1H3,(H,16,17). The number of hydrogen-bond acceptors (Lipinski definition) is 3. The number of pyridine rings is 2. The number of carbonyl (C=O) groups excluding carboxylic acids is 1. The van der Waals surface area contributed by atoms with Gasteiger partial charge in [-0.3, -0.25) is 9.78 Å². The third-order valence-corrected chi connectivity index (χ3v) is 2.43. The number of halogens is 1. The molecule has 0 aliphatic heterocycles. The quantitative estimate of drug-likeness (QED) is 0.830. The first-order chi connectivity index (χ1) is 8.16. The monoisotopic (exact) mass is 247 g/mol. The highest BCUT2D eigenvalue weighted by molar-refractivity contribution is 6.29. The summed E-state index contributed by atoms with van der Waals surface area (Å²) in [7, 11) is 0. The van der Waals surface area contributed by atoms with Gasteiger partial charge in [0.1, 0.15) is 5.15 Å². The van der Waals surface area contributed by atoms with E-state index < -0.39 is 0 Å². The van der Waals surface area contributed by atoms with Gasteiger partial charge in [0.05, 0.1) is 16.9 Å². The molecule has 0 unspecified atom stereocenters. The molecule has 0 bridgehead atoms. The van der Waals surface area contributed by atoms with Gasteiger partial charge in [-0.2, -0.15) is 0 Å². The lowest BCUT2D eigenvalue weighted by Crippen LogP contribution is -2.13. The summed E-state index contributed by atoms with van der Waals surface area (Å²) in [5.74, 6) is -0.217. The number of carbonyl (C=O) groups is 1. The maximum absolute atomic E-state index is 11.8. The molecule has 2 aromatic rings. The average molecular weight is 248 g/mol. The van der Waals surface area contributed by atoms with Crippen LogP contribution < -0.4 is 5.32 Å². The fraction of sp³-hybridized carbons (Fsp3) is 0.0833. The molecule has 86 valence electrons. The van der Waals surface area contributed by atoms with Gasteiger partial charge in [-0.1, -0.05) is 11.6 Å². The van der Waals surface area contributed by atoms with Crippen LogP contribution in [-0.4, -0.2) is 15.9 Å². The van der Waals surface area contributed by atoms with E-state index >= 15 is 0 Å². The Kier molecular flexibility index (Phi) is 3.35. The van der Waals surface area contributed by atoms with Gasteiger partial charge >= 0.3 is 0 Å². The van der Waals surface area contributed by atoms with E-state index in [2.05, 4.69) is 15.3 Å². The first-order valence-electron chi connectivity index (χ1n) is 5.01. The van der Waals surface area contributed by atoms with Crippen LogP contribution in [0.3, 0.4) is 0 Å². The number of nitrogens with one attached hydrogen (secondary N) is 1. The summed E-state index contributed by atoms with van der Waals surface area (Å²) >= 11 is 5.74. The van der Waals surface area contributed by atoms with Crippen LogP contribution >= 0.6 is 11.6 Å². The van der Waals surface area contributed by atoms with Crippen LogP contribution in [0.15, 0.2) is 36.7 Å². The topological polar surface area (TPSA) is 54.9 Å². The molecule has 2 aromatic heterocycles.